The second-order valence-electron chi connectivity index (χ2n) is 3.50. The molecule has 1 aromatic carbocycles. The minimum Gasteiger partial charge on any atom is -0.490 e. The molecule has 0 unspecified atom stereocenters. The van der Waals surface area contributed by atoms with Crippen LogP contribution in [0.15, 0.2) is 12.1 Å². The van der Waals surface area contributed by atoms with Gasteiger partial charge in [0.25, 0.3) is 0 Å². The normalized spacial score (nSPS) is 9.63. The molecule has 0 bridgehead atoms. The third-order valence-electron chi connectivity index (χ3n) is 2.23. The number of rotatable bonds is 4. The number of amides is 1. The first-order valence-electron chi connectivity index (χ1n) is 5.13. The van der Waals surface area contributed by atoms with Crippen LogP contribution in [0.2, 0.25) is 0 Å². The highest BCUT2D eigenvalue weighted by Crippen LogP contribution is 2.33. The van der Waals surface area contributed by atoms with E-state index in [1.54, 1.807) is 0 Å². The van der Waals surface area contributed by atoms with Crippen molar-refractivity contribution in [1.82, 2.24) is 0 Å². The first-order valence-corrected chi connectivity index (χ1v) is 5.13. The Morgan fingerprint density at radius 3 is 2.37 bits per heavy atom. The fourth-order valence-electron chi connectivity index (χ4n) is 1.45. The molecule has 8 heteroatoms. The van der Waals surface area contributed by atoms with E-state index in [9.17, 15) is 19.7 Å². The summed E-state index contributed by atoms with van der Waals surface area (Å²) >= 11 is 0. The summed E-state index contributed by atoms with van der Waals surface area (Å²) in [5.74, 6) is -1.30. The quantitative estimate of drug-likeness (QED) is 0.501. The predicted octanol–water partition coefficient (Wildman–Crippen LogP) is 1.35. The summed E-state index contributed by atoms with van der Waals surface area (Å²) in [6.45, 7) is 1.22. The van der Waals surface area contributed by atoms with Crippen molar-refractivity contribution >= 4 is 23.3 Å². The van der Waals surface area contributed by atoms with E-state index in [0.29, 0.717) is 0 Å². The van der Waals surface area contributed by atoms with Crippen molar-refractivity contribution in [2.45, 2.75) is 6.92 Å². The molecule has 1 aromatic rings. The zero-order valence-corrected chi connectivity index (χ0v) is 10.6. The molecule has 0 radical (unpaired) electrons. The van der Waals surface area contributed by atoms with E-state index in [4.69, 9.17) is 4.74 Å². The van der Waals surface area contributed by atoms with Gasteiger partial charge >= 0.3 is 11.7 Å². The molecule has 102 valence electrons. The summed E-state index contributed by atoms with van der Waals surface area (Å²) in [5.41, 5.74) is -0.397. The van der Waals surface area contributed by atoms with Gasteiger partial charge in [0.2, 0.25) is 5.91 Å². The first-order chi connectivity index (χ1) is 8.90. The Labute approximate surface area is 108 Å². The number of nitrogens with zero attached hydrogens (tertiary/aromatic N) is 1. The van der Waals surface area contributed by atoms with Gasteiger partial charge in [0, 0.05) is 19.1 Å². The lowest BCUT2D eigenvalue weighted by Gasteiger charge is -2.10. The van der Waals surface area contributed by atoms with E-state index in [-0.39, 0.29) is 22.7 Å². The van der Waals surface area contributed by atoms with Crippen molar-refractivity contribution in [2.75, 3.05) is 19.5 Å². The number of hydrogen-bond donors (Lipinski definition) is 1. The molecule has 0 saturated heterocycles. The highest BCUT2D eigenvalue weighted by Gasteiger charge is 2.23. The van der Waals surface area contributed by atoms with Crippen LogP contribution in [-0.4, -0.2) is 31.0 Å². The summed E-state index contributed by atoms with van der Waals surface area (Å²) in [6.07, 6.45) is 0. The Kier molecular flexibility index (Phi) is 4.41. The van der Waals surface area contributed by atoms with E-state index >= 15 is 0 Å². The number of esters is 1. The number of anilines is 1. The van der Waals surface area contributed by atoms with E-state index in [0.717, 1.165) is 19.2 Å². The Bertz CT molecular complexity index is 540. The largest absolute Gasteiger partial charge is 0.490 e. The number of ether oxygens (including phenoxy) is 2. The van der Waals surface area contributed by atoms with E-state index in [1.807, 2.05) is 0 Å². The summed E-state index contributed by atoms with van der Waals surface area (Å²) in [4.78, 5) is 32.8. The number of nitrogens with one attached hydrogen (secondary N) is 1. The lowest BCUT2D eigenvalue weighted by molar-refractivity contribution is -0.385. The number of nitro benzene ring substituents is 1. The van der Waals surface area contributed by atoms with Crippen molar-refractivity contribution < 1.29 is 24.0 Å². The maximum atomic E-state index is 11.6. The van der Waals surface area contributed by atoms with Crippen molar-refractivity contribution in [2.24, 2.45) is 0 Å². The fourth-order valence-corrected chi connectivity index (χ4v) is 1.45. The average Bonchev–Trinajstić information content (AvgIpc) is 2.36. The summed E-state index contributed by atoms with van der Waals surface area (Å²) < 4.78 is 9.38. The number of carbonyl (C=O) groups is 2. The van der Waals surface area contributed by atoms with Gasteiger partial charge in [0.15, 0.2) is 5.75 Å². The Morgan fingerprint density at radius 2 is 1.95 bits per heavy atom. The second kappa shape index (κ2) is 5.80. The zero-order valence-electron chi connectivity index (χ0n) is 10.6. The highest BCUT2D eigenvalue weighted by molar-refractivity contribution is 6.01. The van der Waals surface area contributed by atoms with Gasteiger partial charge < -0.3 is 14.8 Å². The Hall–Kier alpha value is -2.64. The lowest BCUT2D eigenvalue weighted by Crippen LogP contribution is -2.13. The first kappa shape index (κ1) is 14.4. The highest BCUT2D eigenvalue weighted by atomic mass is 16.6. The minimum atomic E-state index is -0.739. The minimum absolute atomic E-state index is 0.00755. The molecule has 1 amide bonds. The van der Waals surface area contributed by atoms with Gasteiger partial charge in [0.1, 0.15) is 0 Å². The van der Waals surface area contributed by atoms with Gasteiger partial charge in [-0.2, -0.15) is 0 Å². The van der Waals surface area contributed by atoms with E-state index in [1.165, 1.54) is 14.0 Å². The molecule has 0 aliphatic rings. The van der Waals surface area contributed by atoms with Crippen LogP contribution in [-0.2, 0) is 9.53 Å². The van der Waals surface area contributed by atoms with Gasteiger partial charge in [-0.15, -0.1) is 0 Å². The second-order valence-corrected chi connectivity index (χ2v) is 3.50. The van der Waals surface area contributed by atoms with Crippen LogP contribution in [0, 0.1) is 10.1 Å². The molecule has 0 saturated carbocycles. The van der Waals surface area contributed by atoms with Crippen LogP contribution < -0.4 is 10.1 Å². The molecular weight excluding hydrogens is 256 g/mol. The molecule has 1 rings (SSSR count). The number of benzene rings is 1. The van der Waals surface area contributed by atoms with Crippen LogP contribution in [0.25, 0.3) is 0 Å². The number of nitro groups is 1. The average molecular weight is 268 g/mol. The van der Waals surface area contributed by atoms with Crippen LogP contribution >= 0.6 is 0 Å². The topological polar surface area (TPSA) is 108 Å². The van der Waals surface area contributed by atoms with Crippen LogP contribution in [0.1, 0.15) is 17.3 Å². The molecule has 0 fully saturated rings. The van der Waals surface area contributed by atoms with Crippen LogP contribution in [0.3, 0.4) is 0 Å². The van der Waals surface area contributed by atoms with Gasteiger partial charge in [-0.05, 0) is 0 Å². The fraction of sp³-hybridized carbons (Fsp3) is 0.273. The van der Waals surface area contributed by atoms with Gasteiger partial charge in [-0.25, -0.2) is 4.79 Å². The molecule has 0 spiro atoms. The molecule has 19 heavy (non-hydrogen) atoms. The third-order valence-corrected chi connectivity index (χ3v) is 2.23. The maximum Gasteiger partial charge on any atom is 0.340 e. The standard InChI is InChI=1S/C11H12N2O6/c1-6(14)12-8-5-9(13(16)17)10(18-2)4-7(8)11(15)19-3/h4-5H,1-3H3,(H,12,14). The Balaban J connectivity index is 3.47. The van der Waals surface area contributed by atoms with Crippen molar-refractivity contribution in [1.29, 1.82) is 0 Å². The summed E-state index contributed by atoms with van der Waals surface area (Å²) in [7, 11) is 2.40. The van der Waals surface area contributed by atoms with Crippen molar-refractivity contribution in [3.05, 3.63) is 27.8 Å². The summed E-state index contributed by atoms with van der Waals surface area (Å²) in [5, 5.41) is 13.2. The van der Waals surface area contributed by atoms with Crippen molar-refractivity contribution in [3.8, 4) is 5.75 Å². The molecule has 0 atom stereocenters. The van der Waals surface area contributed by atoms with Crippen LogP contribution in [0.5, 0.6) is 5.75 Å². The molecule has 0 aliphatic carbocycles. The lowest BCUT2D eigenvalue weighted by atomic mass is 10.1. The summed E-state index contributed by atoms with van der Waals surface area (Å²) in [6, 6.07) is 2.20. The predicted molar refractivity (Wildman–Crippen MR) is 65.3 cm³/mol. The molecule has 8 nitrogen and oxygen atoms in total. The van der Waals surface area contributed by atoms with Gasteiger partial charge in [0.05, 0.1) is 30.4 Å². The van der Waals surface area contributed by atoms with Crippen LogP contribution in [0.4, 0.5) is 11.4 Å². The maximum absolute atomic E-state index is 11.6. The number of carbonyl (C=O) groups excluding carboxylic acids is 2. The van der Waals surface area contributed by atoms with Crippen molar-refractivity contribution in [3.63, 3.8) is 0 Å². The van der Waals surface area contributed by atoms with E-state index < -0.39 is 16.8 Å². The molecule has 0 heterocycles. The Morgan fingerprint density at radius 1 is 1.32 bits per heavy atom. The molecular formula is C11H12N2O6. The molecule has 1 N–H and O–H groups in total. The molecule has 0 aromatic heterocycles. The van der Waals surface area contributed by atoms with E-state index in [2.05, 4.69) is 10.1 Å². The third kappa shape index (κ3) is 3.18. The van der Waals surface area contributed by atoms with Gasteiger partial charge in [-0.3, -0.25) is 14.9 Å². The SMILES string of the molecule is COC(=O)c1cc(OC)c([N+](=O)[O-])cc1NC(C)=O. The number of methoxy groups -OCH3 is 2. The van der Waals surface area contributed by atoms with Gasteiger partial charge in [-0.1, -0.05) is 0 Å². The smallest absolute Gasteiger partial charge is 0.340 e. The molecule has 0 aliphatic heterocycles. The zero-order chi connectivity index (χ0) is 14.6. The number of hydrogen-bond acceptors (Lipinski definition) is 6. The monoisotopic (exact) mass is 268 g/mol.